The predicted molar refractivity (Wildman–Crippen MR) is 74.7 cm³/mol. The summed E-state index contributed by atoms with van der Waals surface area (Å²) in [5, 5.41) is 0. The fourth-order valence-corrected chi connectivity index (χ4v) is 2.04. The van der Waals surface area contributed by atoms with Crippen molar-refractivity contribution in [1.82, 2.24) is 0 Å². The Morgan fingerprint density at radius 3 is 2.74 bits per heavy atom. The van der Waals surface area contributed by atoms with Crippen molar-refractivity contribution in [3.8, 4) is 0 Å². The Balaban J connectivity index is 2.38. The van der Waals surface area contributed by atoms with Gasteiger partial charge in [0.05, 0.1) is 0 Å². The third-order valence-electron chi connectivity index (χ3n) is 2.99. The monoisotopic (exact) mass is 257 g/mol. The van der Waals surface area contributed by atoms with Crippen LogP contribution in [0.4, 0.5) is 10.1 Å². The summed E-state index contributed by atoms with van der Waals surface area (Å²) < 4.78 is 13.2. The first-order valence-corrected chi connectivity index (χ1v) is 6.30. The Bertz CT molecular complexity index is 607. The maximum atomic E-state index is 13.2. The van der Waals surface area contributed by atoms with Crippen LogP contribution in [-0.4, -0.2) is 5.78 Å². The van der Waals surface area contributed by atoms with E-state index < -0.39 is 5.82 Å². The van der Waals surface area contributed by atoms with Gasteiger partial charge in [0.15, 0.2) is 5.78 Å². The standard InChI is InChI=1S/C16H16FNO/c1-2-4-11-5-3-6-12(9-11)16(19)14-10-13(17)7-8-15(14)18/h3,5-10H,2,4,18H2,1H3. The highest BCUT2D eigenvalue weighted by atomic mass is 19.1. The Kier molecular flexibility index (Phi) is 3.95. The number of aryl methyl sites for hydroxylation is 1. The minimum Gasteiger partial charge on any atom is -0.398 e. The number of nitrogens with two attached hydrogens (primary N) is 1. The molecular weight excluding hydrogens is 241 g/mol. The number of rotatable bonds is 4. The van der Waals surface area contributed by atoms with Crippen LogP contribution in [0.15, 0.2) is 42.5 Å². The van der Waals surface area contributed by atoms with Gasteiger partial charge in [0.2, 0.25) is 0 Å². The van der Waals surface area contributed by atoms with Crippen LogP contribution in [0.25, 0.3) is 0 Å². The van der Waals surface area contributed by atoms with E-state index in [1.807, 2.05) is 18.2 Å². The fourth-order valence-electron chi connectivity index (χ4n) is 2.04. The van der Waals surface area contributed by atoms with Gasteiger partial charge in [0, 0.05) is 16.8 Å². The molecule has 19 heavy (non-hydrogen) atoms. The lowest BCUT2D eigenvalue weighted by atomic mass is 9.99. The summed E-state index contributed by atoms with van der Waals surface area (Å²) in [6, 6.07) is 11.2. The highest BCUT2D eigenvalue weighted by Crippen LogP contribution is 2.19. The van der Waals surface area contributed by atoms with Crippen molar-refractivity contribution in [2.75, 3.05) is 5.73 Å². The van der Waals surface area contributed by atoms with Crippen molar-refractivity contribution >= 4 is 11.5 Å². The van der Waals surface area contributed by atoms with E-state index in [0.29, 0.717) is 11.3 Å². The first kappa shape index (κ1) is 13.3. The molecule has 0 aliphatic carbocycles. The van der Waals surface area contributed by atoms with Gasteiger partial charge in [0.25, 0.3) is 0 Å². The molecule has 0 spiro atoms. The molecule has 0 heterocycles. The van der Waals surface area contributed by atoms with Crippen LogP contribution in [-0.2, 0) is 6.42 Å². The van der Waals surface area contributed by atoms with Gasteiger partial charge in [-0.25, -0.2) is 4.39 Å². The smallest absolute Gasteiger partial charge is 0.195 e. The van der Waals surface area contributed by atoms with Crippen LogP contribution in [0.3, 0.4) is 0 Å². The predicted octanol–water partition coefficient (Wildman–Crippen LogP) is 3.59. The van der Waals surface area contributed by atoms with Crippen molar-refractivity contribution in [2.24, 2.45) is 0 Å². The second kappa shape index (κ2) is 5.65. The van der Waals surface area contributed by atoms with Gasteiger partial charge >= 0.3 is 0 Å². The van der Waals surface area contributed by atoms with E-state index in [1.54, 1.807) is 6.07 Å². The minimum atomic E-state index is -0.456. The number of carbonyl (C=O) groups is 1. The highest BCUT2D eigenvalue weighted by Gasteiger charge is 2.13. The molecule has 2 aromatic carbocycles. The van der Waals surface area contributed by atoms with Gasteiger partial charge in [-0.3, -0.25) is 4.79 Å². The maximum Gasteiger partial charge on any atom is 0.195 e. The zero-order valence-corrected chi connectivity index (χ0v) is 10.8. The van der Waals surface area contributed by atoms with E-state index in [1.165, 1.54) is 18.2 Å². The number of halogens is 1. The number of hydrogen-bond donors (Lipinski definition) is 1. The molecule has 0 aliphatic rings. The van der Waals surface area contributed by atoms with Gasteiger partial charge in [-0.15, -0.1) is 0 Å². The molecule has 98 valence electrons. The van der Waals surface area contributed by atoms with E-state index in [-0.39, 0.29) is 11.3 Å². The third-order valence-corrected chi connectivity index (χ3v) is 2.99. The second-order valence-electron chi connectivity index (χ2n) is 4.51. The zero-order valence-electron chi connectivity index (χ0n) is 10.8. The van der Waals surface area contributed by atoms with Crippen molar-refractivity contribution in [1.29, 1.82) is 0 Å². The topological polar surface area (TPSA) is 43.1 Å². The molecule has 0 aromatic heterocycles. The summed E-state index contributed by atoms with van der Waals surface area (Å²) >= 11 is 0. The first-order chi connectivity index (χ1) is 9.11. The number of benzene rings is 2. The maximum absolute atomic E-state index is 13.2. The highest BCUT2D eigenvalue weighted by molar-refractivity contribution is 6.12. The number of ketones is 1. The van der Waals surface area contributed by atoms with Gasteiger partial charge in [0.1, 0.15) is 5.82 Å². The number of nitrogen functional groups attached to an aromatic ring is 1. The number of hydrogen-bond acceptors (Lipinski definition) is 2. The first-order valence-electron chi connectivity index (χ1n) is 6.30. The van der Waals surface area contributed by atoms with E-state index >= 15 is 0 Å². The average Bonchev–Trinajstić information content (AvgIpc) is 2.41. The lowest BCUT2D eigenvalue weighted by Crippen LogP contribution is -2.06. The van der Waals surface area contributed by atoms with Gasteiger partial charge in [-0.05, 0) is 36.2 Å². The van der Waals surface area contributed by atoms with Crippen LogP contribution < -0.4 is 5.73 Å². The van der Waals surface area contributed by atoms with Crippen molar-refractivity contribution in [2.45, 2.75) is 19.8 Å². The van der Waals surface area contributed by atoms with Crippen LogP contribution in [0.5, 0.6) is 0 Å². The molecule has 0 unspecified atom stereocenters. The molecule has 0 saturated carbocycles. The van der Waals surface area contributed by atoms with Gasteiger partial charge < -0.3 is 5.73 Å². The molecule has 0 aliphatic heterocycles. The molecule has 0 amide bonds. The van der Waals surface area contributed by atoms with Crippen molar-refractivity contribution < 1.29 is 9.18 Å². The van der Waals surface area contributed by atoms with E-state index in [4.69, 9.17) is 5.73 Å². The summed E-state index contributed by atoms with van der Waals surface area (Å²) in [6.07, 6.45) is 1.93. The number of carbonyl (C=O) groups excluding carboxylic acids is 1. The quantitative estimate of drug-likeness (QED) is 0.672. The molecule has 3 heteroatoms. The largest absolute Gasteiger partial charge is 0.398 e. The SMILES string of the molecule is CCCc1cccc(C(=O)c2cc(F)ccc2N)c1. The van der Waals surface area contributed by atoms with Crippen molar-refractivity contribution in [3.05, 3.63) is 65.0 Å². The van der Waals surface area contributed by atoms with E-state index in [0.717, 1.165) is 18.4 Å². The molecular formula is C16H16FNO. The molecule has 2 N–H and O–H groups in total. The molecule has 0 bridgehead atoms. The van der Waals surface area contributed by atoms with Crippen LogP contribution in [0, 0.1) is 5.82 Å². The van der Waals surface area contributed by atoms with Crippen molar-refractivity contribution in [3.63, 3.8) is 0 Å². The number of anilines is 1. The van der Waals surface area contributed by atoms with Crippen LogP contribution in [0.1, 0.15) is 34.8 Å². The Hall–Kier alpha value is -2.16. The zero-order chi connectivity index (χ0) is 13.8. The third kappa shape index (κ3) is 2.99. The molecule has 2 aromatic rings. The summed E-state index contributed by atoms with van der Waals surface area (Å²) in [6.45, 7) is 2.08. The van der Waals surface area contributed by atoms with E-state index in [2.05, 4.69) is 6.92 Å². The second-order valence-corrected chi connectivity index (χ2v) is 4.51. The van der Waals surface area contributed by atoms with Crippen LogP contribution in [0.2, 0.25) is 0 Å². The Labute approximate surface area is 112 Å². The molecule has 0 saturated heterocycles. The summed E-state index contributed by atoms with van der Waals surface area (Å²) in [5.74, 6) is -0.697. The molecule has 2 nitrogen and oxygen atoms in total. The summed E-state index contributed by atoms with van der Waals surface area (Å²) in [7, 11) is 0. The van der Waals surface area contributed by atoms with E-state index in [9.17, 15) is 9.18 Å². The lowest BCUT2D eigenvalue weighted by molar-refractivity contribution is 0.103. The lowest BCUT2D eigenvalue weighted by Gasteiger charge is -2.07. The fraction of sp³-hybridized carbons (Fsp3) is 0.188. The summed E-state index contributed by atoms with van der Waals surface area (Å²) in [5.41, 5.74) is 7.90. The average molecular weight is 257 g/mol. The Morgan fingerprint density at radius 1 is 1.21 bits per heavy atom. The van der Waals surface area contributed by atoms with Gasteiger partial charge in [-0.1, -0.05) is 31.5 Å². The normalized spacial score (nSPS) is 10.4. The van der Waals surface area contributed by atoms with Gasteiger partial charge in [-0.2, -0.15) is 0 Å². The molecule has 0 atom stereocenters. The summed E-state index contributed by atoms with van der Waals surface area (Å²) in [4.78, 5) is 12.3. The molecule has 0 radical (unpaired) electrons. The molecule has 2 rings (SSSR count). The molecule has 0 fully saturated rings. The van der Waals surface area contributed by atoms with Crippen LogP contribution >= 0.6 is 0 Å². The minimum absolute atomic E-state index is 0.216. The Morgan fingerprint density at radius 2 is 2.00 bits per heavy atom.